The maximum absolute atomic E-state index is 12.3. The highest BCUT2D eigenvalue weighted by atomic mass is 16.5. The molecule has 1 N–H and O–H groups in total. The van der Waals surface area contributed by atoms with E-state index in [1.807, 2.05) is 0 Å². The number of ether oxygens (including phenoxy) is 1. The smallest absolute Gasteiger partial charge is 0.293 e. The maximum atomic E-state index is 12.3. The molecule has 1 aliphatic heterocycles. The Balaban J connectivity index is 1.99. The van der Waals surface area contributed by atoms with E-state index in [9.17, 15) is 4.79 Å². The highest BCUT2D eigenvalue weighted by Gasteiger charge is 2.24. The minimum absolute atomic E-state index is 0.0208. The summed E-state index contributed by atoms with van der Waals surface area (Å²) in [5.74, 6) is 0.568. The zero-order chi connectivity index (χ0) is 16.7. The zero-order valence-corrected chi connectivity index (χ0v) is 14.6. The van der Waals surface area contributed by atoms with Crippen LogP contribution in [0.5, 0.6) is 0 Å². The Hall–Kier alpha value is -1.40. The molecule has 2 unspecified atom stereocenters. The van der Waals surface area contributed by atoms with Crippen molar-refractivity contribution in [2.24, 2.45) is 7.05 Å². The molecule has 0 spiro atoms. The van der Waals surface area contributed by atoms with Gasteiger partial charge in [-0.2, -0.15) is 0 Å². The molecule has 6 heteroatoms. The van der Waals surface area contributed by atoms with Crippen molar-refractivity contribution in [1.29, 1.82) is 0 Å². The molecule has 1 aliphatic rings. The molecule has 130 valence electrons. The minimum atomic E-state index is -0.0208. The summed E-state index contributed by atoms with van der Waals surface area (Å²) in [7, 11) is 3.53. The second-order valence-electron chi connectivity index (χ2n) is 6.41. The van der Waals surface area contributed by atoms with Crippen molar-refractivity contribution in [2.45, 2.75) is 51.1 Å². The molecule has 0 aliphatic carbocycles. The molecule has 1 aromatic rings. The van der Waals surface area contributed by atoms with Gasteiger partial charge in [-0.25, -0.2) is 4.98 Å². The summed E-state index contributed by atoms with van der Waals surface area (Å²) >= 11 is 0. The molecule has 6 nitrogen and oxygen atoms in total. The van der Waals surface area contributed by atoms with Crippen LogP contribution in [0, 0.1) is 0 Å². The first-order chi connectivity index (χ1) is 11.2. The first kappa shape index (κ1) is 17.9. The third-order valence-electron chi connectivity index (χ3n) is 4.47. The van der Waals surface area contributed by atoms with Gasteiger partial charge in [-0.3, -0.25) is 4.79 Å². The molecule has 0 saturated carbocycles. The number of piperidine rings is 1. The summed E-state index contributed by atoms with van der Waals surface area (Å²) in [5, 5.41) is 3.72. The topological polar surface area (TPSA) is 59.4 Å². The average Bonchev–Trinajstić information content (AvgIpc) is 2.55. The Labute approximate surface area is 138 Å². The zero-order valence-electron chi connectivity index (χ0n) is 14.6. The van der Waals surface area contributed by atoms with Gasteiger partial charge >= 0.3 is 0 Å². The Morgan fingerprint density at radius 2 is 2.35 bits per heavy atom. The standard InChI is InChI=1S/C17H30N4O2/c1-4-5-7-15(13-23-3)19-14-8-6-10-21(12-14)16-17(22)20(2)11-9-18-16/h9,11,14-15,19H,4-8,10,12-13H2,1-3H3. The second kappa shape index (κ2) is 9.03. The number of nitrogens with one attached hydrogen (secondary N) is 1. The molecule has 0 amide bonds. The fraction of sp³-hybridized carbons (Fsp3) is 0.765. The fourth-order valence-corrected chi connectivity index (χ4v) is 3.21. The molecule has 1 fully saturated rings. The molecule has 1 aromatic heterocycles. The van der Waals surface area contributed by atoms with Crippen LogP contribution in [0.4, 0.5) is 5.82 Å². The van der Waals surface area contributed by atoms with E-state index in [1.54, 1.807) is 31.1 Å². The predicted octanol–water partition coefficient (Wildman–Crippen LogP) is 1.54. The molecule has 1 saturated heterocycles. The number of aryl methyl sites for hydroxylation is 1. The van der Waals surface area contributed by atoms with Crippen LogP contribution in [0.3, 0.4) is 0 Å². The molecule has 23 heavy (non-hydrogen) atoms. The Kier molecular flexibility index (Phi) is 7.05. The number of methoxy groups -OCH3 is 1. The van der Waals surface area contributed by atoms with E-state index in [-0.39, 0.29) is 5.56 Å². The number of anilines is 1. The molecular weight excluding hydrogens is 292 g/mol. The van der Waals surface area contributed by atoms with E-state index >= 15 is 0 Å². The lowest BCUT2D eigenvalue weighted by Crippen LogP contribution is -2.51. The van der Waals surface area contributed by atoms with Gasteiger partial charge in [0.2, 0.25) is 0 Å². The fourth-order valence-electron chi connectivity index (χ4n) is 3.21. The van der Waals surface area contributed by atoms with Crippen LogP contribution in [-0.4, -0.2) is 48.4 Å². The predicted molar refractivity (Wildman–Crippen MR) is 93.0 cm³/mol. The summed E-state index contributed by atoms with van der Waals surface area (Å²) in [4.78, 5) is 18.7. The second-order valence-corrected chi connectivity index (χ2v) is 6.41. The Morgan fingerprint density at radius 3 is 3.09 bits per heavy atom. The minimum Gasteiger partial charge on any atom is -0.383 e. The van der Waals surface area contributed by atoms with E-state index in [0.717, 1.165) is 39.0 Å². The Bertz CT molecular complexity index is 532. The lowest BCUT2D eigenvalue weighted by atomic mass is 10.0. The van der Waals surface area contributed by atoms with Crippen molar-refractivity contribution >= 4 is 5.82 Å². The van der Waals surface area contributed by atoms with Crippen LogP contribution in [0.15, 0.2) is 17.2 Å². The largest absolute Gasteiger partial charge is 0.383 e. The number of nitrogens with zero attached hydrogens (tertiary/aromatic N) is 3. The summed E-state index contributed by atoms with van der Waals surface area (Å²) in [6.45, 7) is 4.68. The lowest BCUT2D eigenvalue weighted by Gasteiger charge is -2.35. The van der Waals surface area contributed by atoms with Gasteiger partial charge in [0, 0.05) is 51.7 Å². The van der Waals surface area contributed by atoms with Crippen LogP contribution in [-0.2, 0) is 11.8 Å². The van der Waals surface area contributed by atoms with Crippen molar-refractivity contribution < 1.29 is 4.74 Å². The van der Waals surface area contributed by atoms with Gasteiger partial charge in [0.15, 0.2) is 5.82 Å². The maximum Gasteiger partial charge on any atom is 0.293 e. The van der Waals surface area contributed by atoms with Crippen molar-refractivity contribution in [1.82, 2.24) is 14.9 Å². The van der Waals surface area contributed by atoms with E-state index in [0.29, 0.717) is 17.9 Å². The van der Waals surface area contributed by atoms with Gasteiger partial charge in [0.25, 0.3) is 5.56 Å². The van der Waals surface area contributed by atoms with Gasteiger partial charge < -0.3 is 19.5 Å². The lowest BCUT2D eigenvalue weighted by molar-refractivity contribution is 0.153. The highest BCUT2D eigenvalue weighted by molar-refractivity contribution is 5.36. The summed E-state index contributed by atoms with van der Waals surface area (Å²) in [6.07, 6.45) is 9.14. The van der Waals surface area contributed by atoms with E-state index in [4.69, 9.17) is 4.74 Å². The van der Waals surface area contributed by atoms with Crippen LogP contribution in [0.25, 0.3) is 0 Å². The normalized spacial score (nSPS) is 19.8. The molecule has 0 bridgehead atoms. The number of unbranched alkanes of at least 4 members (excludes halogenated alkanes) is 1. The summed E-state index contributed by atoms with van der Waals surface area (Å²) < 4.78 is 6.94. The SMILES string of the molecule is CCCCC(COC)NC1CCCN(c2nccn(C)c2=O)C1. The number of hydrogen-bond donors (Lipinski definition) is 1. The third-order valence-corrected chi connectivity index (χ3v) is 4.47. The van der Waals surface area contributed by atoms with Crippen LogP contribution in [0.1, 0.15) is 39.0 Å². The van der Waals surface area contributed by atoms with Gasteiger partial charge in [-0.05, 0) is 19.3 Å². The molecule has 0 radical (unpaired) electrons. The van der Waals surface area contributed by atoms with E-state index in [2.05, 4.69) is 22.1 Å². The quantitative estimate of drug-likeness (QED) is 0.787. The molecule has 2 atom stereocenters. The molecule has 2 heterocycles. The number of hydrogen-bond acceptors (Lipinski definition) is 5. The van der Waals surface area contributed by atoms with Crippen molar-refractivity contribution in [3.05, 3.63) is 22.7 Å². The van der Waals surface area contributed by atoms with Crippen molar-refractivity contribution in [2.75, 3.05) is 31.7 Å². The first-order valence-electron chi connectivity index (χ1n) is 8.67. The monoisotopic (exact) mass is 322 g/mol. The average molecular weight is 322 g/mol. The van der Waals surface area contributed by atoms with Crippen molar-refractivity contribution in [3.8, 4) is 0 Å². The summed E-state index contributed by atoms with van der Waals surface area (Å²) in [5.41, 5.74) is -0.0208. The van der Waals surface area contributed by atoms with Crippen LogP contribution in [0.2, 0.25) is 0 Å². The number of rotatable bonds is 8. The molecule has 0 aromatic carbocycles. The Morgan fingerprint density at radius 1 is 1.52 bits per heavy atom. The summed E-state index contributed by atoms with van der Waals surface area (Å²) in [6, 6.07) is 0.768. The van der Waals surface area contributed by atoms with E-state index < -0.39 is 0 Å². The first-order valence-corrected chi connectivity index (χ1v) is 8.67. The van der Waals surface area contributed by atoms with Gasteiger partial charge in [-0.15, -0.1) is 0 Å². The van der Waals surface area contributed by atoms with E-state index in [1.165, 1.54) is 12.8 Å². The van der Waals surface area contributed by atoms with Gasteiger partial charge in [-0.1, -0.05) is 19.8 Å². The molecular formula is C17H30N4O2. The third kappa shape index (κ3) is 5.04. The van der Waals surface area contributed by atoms with Crippen LogP contribution < -0.4 is 15.8 Å². The van der Waals surface area contributed by atoms with Gasteiger partial charge in [0.05, 0.1) is 6.61 Å². The highest BCUT2D eigenvalue weighted by Crippen LogP contribution is 2.16. The molecule has 2 rings (SSSR count). The van der Waals surface area contributed by atoms with Crippen LogP contribution >= 0.6 is 0 Å². The van der Waals surface area contributed by atoms with Crippen molar-refractivity contribution in [3.63, 3.8) is 0 Å². The van der Waals surface area contributed by atoms with Gasteiger partial charge in [0.1, 0.15) is 0 Å². The number of aromatic nitrogens is 2.